The molecule has 2 aliphatic rings. The summed E-state index contributed by atoms with van der Waals surface area (Å²) in [5.41, 5.74) is 3.61. The average molecular weight is 421 g/mol. The Kier molecular flexibility index (Phi) is 5.44. The molecular formula is C24H28N4OS. The van der Waals surface area contributed by atoms with Crippen LogP contribution in [0.25, 0.3) is 10.2 Å². The highest BCUT2D eigenvalue weighted by molar-refractivity contribution is 7.18. The minimum atomic E-state index is 0.256. The molecule has 1 aromatic heterocycles. The van der Waals surface area contributed by atoms with Crippen molar-refractivity contribution in [2.24, 2.45) is 0 Å². The van der Waals surface area contributed by atoms with Crippen LogP contribution >= 0.6 is 11.3 Å². The van der Waals surface area contributed by atoms with Crippen molar-refractivity contribution in [1.29, 1.82) is 0 Å². The Hall–Kier alpha value is -2.44. The molecule has 0 saturated carbocycles. The van der Waals surface area contributed by atoms with Crippen LogP contribution in [0.2, 0.25) is 0 Å². The van der Waals surface area contributed by atoms with Crippen molar-refractivity contribution in [2.75, 3.05) is 44.2 Å². The Morgan fingerprint density at radius 1 is 1.07 bits per heavy atom. The molecule has 2 fully saturated rings. The second-order valence-electron chi connectivity index (χ2n) is 8.36. The minimum Gasteiger partial charge on any atom is -0.368 e. The van der Waals surface area contributed by atoms with Crippen LogP contribution in [0.3, 0.4) is 0 Å². The first-order valence-corrected chi connectivity index (χ1v) is 11.7. The van der Waals surface area contributed by atoms with Gasteiger partial charge in [0.15, 0.2) is 0 Å². The van der Waals surface area contributed by atoms with Gasteiger partial charge in [0.2, 0.25) is 5.91 Å². The van der Waals surface area contributed by atoms with E-state index in [2.05, 4.69) is 59.2 Å². The number of aryl methyl sites for hydroxylation is 1. The lowest BCUT2D eigenvalue weighted by Gasteiger charge is -2.37. The van der Waals surface area contributed by atoms with Crippen LogP contribution in [0.1, 0.15) is 29.5 Å². The fourth-order valence-electron chi connectivity index (χ4n) is 4.64. The van der Waals surface area contributed by atoms with E-state index >= 15 is 0 Å². The van der Waals surface area contributed by atoms with E-state index in [-0.39, 0.29) is 11.9 Å². The Bertz CT molecular complexity index is 1010. The summed E-state index contributed by atoms with van der Waals surface area (Å²) in [6, 6.07) is 17.2. The van der Waals surface area contributed by atoms with E-state index in [4.69, 9.17) is 4.98 Å². The SMILES string of the molecule is Cc1cccc(N2CCN(C(=O)CN3CCCC3c3nc4ccccc4s3)CC2)c1. The van der Waals surface area contributed by atoms with Crippen LogP contribution in [0, 0.1) is 6.92 Å². The molecule has 0 spiro atoms. The number of hydrogen-bond donors (Lipinski definition) is 0. The number of nitrogens with zero attached hydrogens (tertiary/aromatic N) is 4. The number of para-hydroxylation sites is 1. The first-order chi connectivity index (χ1) is 14.7. The number of benzene rings is 2. The van der Waals surface area contributed by atoms with E-state index < -0.39 is 0 Å². The van der Waals surface area contributed by atoms with Crippen LogP contribution < -0.4 is 4.90 Å². The molecule has 2 aliphatic heterocycles. The number of hydrogen-bond acceptors (Lipinski definition) is 5. The van der Waals surface area contributed by atoms with Crippen LogP contribution in [-0.2, 0) is 4.79 Å². The van der Waals surface area contributed by atoms with Gasteiger partial charge in [-0.1, -0.05) is 24.3 Å². The maximum absolute atomic E-state index is 13.0. The van der Waals surface area contributed by atoms with E-state index in [0.29, 0.717) is 6.54 Å². The van der Waals surface area contributed by atoms with Gasteiger partial charge in [-0.2, -0.15) is 0 Å². The molecule has 1 atom stereocenters. The Morgan fingerprint density at radius 3 is 2.70 bits per heavy atom. The topological polar surface area (TPSA) is 39.7 Å². The highest BCUT2D eigenvalue weighted by Crippen LogP contribution is 2.36. The number of thiazole rings is 1. The molecular weight excluding hydrogens is 392 g/mol. The quantitative estimate of drug-likeness (QED) is 0.637. The van der Waals surface area contributed by atoms with Crippen molar-refractivity contribution in [3.8, 4) is 0 Å². The maximum atomic E-state index is 13.0. The summed E-state index contributed by atoms with van der Waals surface area (Å²) < 4.78 is 1.23. The second-order valence-corrected chi connectivity index (χ2v) is 9.42. The van der Waals surface area contributed by atoms with Crippen LogP contribution in [-0.4, -0.2) is 60.0 Å². The predicted molar refractivity (Wildman–Crippen MR) is 123 cm³/mol. The summed E-state index contributed by atoms with van der Waals surface area (Å²) in [5.74, 6) is 0.256. The zero-order chi connectivity index (χ0) is 20.5. The largest absolute Gasteiger partial charge is 0.368 e. The number of aromatic nitrogens is 1. The predicted octanol–water partition coefficient (Wildman–Crippen LogP) is 4.09. The molecule has 5 rings (SSSR count). The van der Waals surface area contributed by atoms with Crippen LogP contribution in [0.15, 0.2) is 48.5 Å². The summed E-state index contributed by atoms with van der Waals surface area (Å²) in [6.07, 6.45) is 2.23. The number of carbonyl (C=O) groups is 1. The summed E-state index contributed by atoms with van der Waals surface area (Å²) in [4.78, 5) is 24.7. The summed E-state index contributed by atoms with van der Waals surface area (Å²) >= 11 is 1.78. The van der Waals surface area contributed by atoms with E-state index in [1.807, 2.05) is 11.0 Å². The molecule has 2 saturated heterocycles. The lowest BCUT2D eigenvalue weighted by molar-refractivity contribution is -0.133. The summed E-state index contributed by atoms with van der Waals surface area (Å²) in [7, 11) is 0. The highest BCUT2D eigenvalue weighted by atomic mass is 32.1. The fourth-order valence-corrected chi connectivity index (χ4v) is 5.78. The smallest absolute Gasteiger partial charge is 0.236 e. The molecule has 156 valence electrons. The first kappa shape index (κ1) is 19.5. The molecule has 1 amide bonds. The van der Waals surface area contributed by atoms with Gasteiger partial charge in [-0.3, -0.25) is 9.69 Å². The van der Waals surface area contributed by atoms with E-state index in [9.17, 15) is 4.79 Å². The molecule has 5 nitrogen and oxygen atoms in total. The van der Waals surface area contributed by atoms with Crippen molar-refractivity contribution in [3.05, 3.63) is 59.1 Å². The number of carbonyl (C=O) groups excluding carboxylic acids is 1. The van der Waals surface area contributed by atoms with Crippen LogP contribution in [0.5, 0.6) is 0 Å². The molecule has 30 heavy (non-hydrogen) atoms. The van der Waals surface area contributed by atoms with Gasteiger partial charge in [0, 0.05) is 31.9 Å². The maximum Gasteiger partial charge on any atom is 0.236 e. The summed E-state index contributed by atoms with van der Waals surface area (Å²) in [6.45, 7) is 7.01. The molecule has 0 N–H and O–H groups in total. The first-order valence-electron chi connectivity index (χ1n) is 10.9. The number of piperazine rings is 1. The van der Waals surface area contributed by atoms with Gasteiger partial charge in [-0.25, -0.2) is 4.98 Å². The number of rotatable bonds is 4. The van der Waals surface area contributed by atoms with Crippen LogP contribution in [0.4, 0.5) is 5.69 Å². The van der Waals surface area contributed by atoms with Crippen molar-refractivity contribution < 1.29 is 4.79 Å². The molecule has 2 aromatic carbocycles. The molecule has 0 radical (unpaired) electrons. The zero-order valence-electron chi connectivity index (χ0n) is 17.5. The van der Waals surface area contributed by atoms with Crippen molar-refractivity contribution in [3.63, 3.8) is 0 Å². The molecule has 3 heterocycles. The molecule has 1 unspecified atom stereocenters. The molecule has 0 aliphatic carbocycles. The number of amides is 1. The fraction of sp³-hybridized carbons (Fsp3) is 0.417. The van der Waals surface area contributed by atoms with E-state index in [1.54, 1.807) is 11.3 Å². The standard InChI is InChI=1S/C24H28N4OS/c1-18-6-4-7-19(16-18)26-12-14-27(15-13-26)23(29)17-28-11-5-9-21(28)24-25-20-8-2-3-10-22(20)30-24/h2-4,6-8,10,16,21H,5,9,11-15,17H2,1H3. The number of likely N-dealkylation sites (tertiary alicyclic amines) is 1. The van der Waals surface area contributed by atoms with E-state index in [0.717, 1.165) is 56.1 Å². The third-order valence-corrected chi connectivity index (χ3v) is 7.43. The van der Waals surface area contributed by atoms with Gasteiger partial charge >= 0.3 is 0 Å². The van der Waals surface area contributed by atoms with Crippen molar-refractivity contribution >= 4 is 33.1 Å². The van der Waals surface area contributed by atoms with Crippen molar-refractivity contribution in [2.45, 2.75) is 25.8 Å². The van der Waals surface area contributed by atoms with Gasteiger partial charge in [-0.15, -0.1) is 11.3 Å². The molecule has 3 aromatic rings. The highest BCUT2D eigenvalue weighted by Gasteiger charge is 2.32. The number of fused-ring (bicyclic) bond motifs is 1. The van der Waals surface area contributed by atoms with Gasteiger partial charge < -0.3 is 9.80 Å². The van der Waals surface area contributed by atoms with Gasteiger partial charge in [0.25, 0.3) is 0 Å². The average Bonchev–Trinajstić information content (AvgIpc) is 3.40. The molecule has 6 heteroatoms. The van der Waals surface area contributed by atoms with Crippen molar-refractivity contribution in [1.82, 2.24) is 14.8 Å². The molecule has 0 bridgehead atoms. The minimum absolute atomic E-state index is 0.256. The third-order valence-electron chi connectivity index (χ3n) is 6.30. The monoisotopic (exact) mass is 420 g/mol. The zero-order valence-corrected chi connectivity index (χ0v) is 18.3. The Labute approximate surface area is 181 Å². The van der Waals surface area contributed by atoms with E-state index in [1.165, 1.54) is 16.0 Å². The Balaban J connectivity index is 1.21. The van der Waals surface area contributed by atoms with Gasteiger partial charge in [-0.05, 0) is 56.1 Å². The number of anilines is 1. The lowest BCUT2D eigenvalue weighted by atomic mass is 10.2. The van der Waals surface area contributed by atoms with Gasteiger partial charge in [0.05, 0.1) is 22.8 Å². The lowest BCUT2D eigenvalue weighted by Crippen LogP contribution is -2.51. The Morgan fingerprint density at radius 2 is 1.90 bits per heavy atom. The van der Waals surface area contributed by atoms with Gasteiger partial charge in [0.1, 0.15) is 5.01 Å². The normalized spacial score (nSPS) is 20.2. The second kappa shape index (κ2) is 8.36. The summed E-state index contributed by atoms with van der Waals surface area (Å²) in [5, 5.41) is 1.16. The third kappa shape index (κ3) is 3.94.